The highest BCUT2D eigenvalue weighted by Gasteiger charge is 2.64. The van der Waals surface area contributed by atoms with Gasteiger partial charge in [-0.2, -0.15) is 0 Å². The van der Waals surface area contributed by atoms with Crippen LogP contribution in [-0.4, -0.2) is 114 Å². The van der Waals surface area contributed by atoms with Crippen molar-refractivity contribution in [2.24, 2.45) is 35.5 Å². The molecule has 62 heavy (non-hydrogen) atoms. The van der Waals surface area contributed by atoms with Gasteiger partial charge in [0.15, 0.2) is 23.1 Å². The number of allylic oxidation sites excluding steroid dienone is 1. The van der Waals surface area contributed by atoms with E-state index >= 15 is 0 Å². The van der Waals surface area contributed by atoms with Gasteiger partial charge in [-0.25, -0.2) is 0 Å². The van der Waals surface area contributed by atoms with Crippen LogP contribution in [0.2, 0.25) is 0 Å². The van der Waals surface area contributed by atoms with Crippen molar-refractivity contribution in [1.82, 2.24) is 5.32 Å². The molecule has 0 saturated carbocycles. The number of hydrogen-bond acceptors (Lipinski definition) is 13. The molecule has 13 nitrogen and oxygen atoms in total. The molecule has 0 unspecified atom stereocenters. The van der Waals surface area contributed by atoms with E-state index in [-0.39, 0.29) is 60.3 Å². The second-order valence-corrected chi connectivity index (χ2v) is 21.6. The number of ether oxygens (including phenoxy) is 9. The molecule has 0 amide bonds. The number of esters is 1. The average Bonchev–Trinajstić information content (AvgIpc) is 3.89. The number of fused-ring (bicyclic) bond motifs is 5. The Bertz CT molecular complexity index is 1760. The van der Waals surface area contributed by atoms with Gasteiger partial charge in [-0.3, -0.25) is 10.1 Å². The van der Waals surface area contributed by atoms with Crippen molar-refractivity contribution >= 4 is 5.97 Å². The number of hydrogen-bond donors (Lipinski definition) is 3. The summed E-state index contributed by atoms with van der Waals surface area (Å²) in [4.78, 5) is 11.6. The second kappa shape index (κ2) is 16.8. The maximum Gasteiger partial charge on any atom is 0.305 e. The van der Waals surface area contributed by atoms with Crippen LogP contribution in [0.3, 0.4) is 0 Å². The third-order valence-corrected chi connectivity index (χ3v) is 16.4. The van der Waals surface area contributed by atoms with Crippen LogP contribution in [0.15, 0.2) is 36.0 Å². The van der Waals surface area contributed by atoms with Gasteiger partial charge in [-0.1, -0.05) is 65.8 Å². The zero-order valence-electron chi connectivity index (χ0n) is 38.5. The van der Waals surface area contributed by atoms with Crippen molar-refractivity contribution in [2.45, 2.75) is 216 Å². The summed E-state index contributed by atoms with van der Waals surface area (Å²) < 4.78 is 59.3. The van der Waals surface area contributed by atoms with Gasteiger partial charge in [0.2, 0.25) is 0 Å². The highest BCUT2D eigenvalue weighted by Crippen LogP contribution is 2.56. The number of rotatable bonds is 9. The molecule has 0 aromatic rings. The van der Waals surface area contributed by atoms with E-state index in [1.165, 1.54) is 12.7 Å². The summed E-state index contributed by atoms with van der Waals surface area (Å²) in [7, 11) is 1.40. The van der Waals surface area contributed by atoms with Crippen LogP contribution in [0, 0.1) is 35.5 Å². The van der Waals surface area contributed by atoms with Gasteiger partial charge in [0.25, 0.3) is 0 Å². The molecule has 348 valence electrons. The van der Waals surface area contributed by atoms with Gasteiger partial charge in [0.1, 0.15) is 17.9 Å². The molecule has 0 aliphatic carbocycles. The van der Waals surface area contributed by atoms with Crippen LogP contribution in [-0.2, 0) is 47.4 Å². The van der Waals surface area contributed by atoms with Crippen LogP contribution < -0.4 is 5.32 Å². The predicted molar refractivity (Wildman–Crippen MR) is 228 cm³/mol. The average molecular weight is 870 g/mol. The van der Waals surface area contributed by atoms with Crippen LogP contribution in [0.5, 0.6) is 0 Å². The number of carbonyl (C=O) groups excluding carboxylic acids is 1. The fraction of sp³-hybridized carbons (Fsp3) is 0.857. The first-order valence-electron chi connectivity index (χ1n) is 24.0. The zero-order valence-corrected chi connectivity index (χ0v) is 38.5. The Morgan fingerprint density at radius 1 is 0.903 bits per heavy atom. The van der Waals surface area contributed by atoms with Gasteiger partial charge >= 0.3 is 5.97 Å². The molecule has 13 heteroatoms. The maximum atomic E-state index is 12.5. The number of methoxy groups -OCH3 is 1. The quantitative estimate of drug-likeness (QED) is 0.166. The van der Waals surface area contributed by atoms with Crippen molar-refractivity contribution in [1.29, 1.82) is 0 Å². The number of nitrogens with one attached hydrogen (secondary N) is 1. The molecular weight excluding hydrogens is 795 g/mol. The van der Waals surface area contributed by atoms with E-state index in [0.717, 1.165) is 44.2 Å². The SMILES string of the molecule is C=C(C[C@@]12C[C@@H](C)C[C@@H](O1)[C@H]1O[C@]3(C[C@H]1O2)NC[C@H](C)C[C@@H]3C)[C@H]1O[C@@](O)([C@H](O)[C@@H]2C[C@H]3O[C@@]4(CC[C@]5(C=C(C)C[C@@H](/C=C/CCC(=O)OC)O5)O4)[C@H](C)C[C@H]3O2)[C@H](C)C[C@@H]1C. The summed E-state index contributed by atoms with van der Waals surface area (Å²) in [6.07, 6.45) is 11.1. The van der Waals surface area contributed by atoms with Crippen molar-refractivity contribution in [3.63, 3.8) is 0 Å². The molecule has 0 aromatic carbocycles. The van der Waals surface area contributed by atoms with E-state index in [1.54, 1.807) is 0 Å². The molecule has 9 aliphatic heterocycles. The first-order chi connectivity index (χ1) is 29.4. The number of carbonyl (C=O) groups is 1. The van der Waals surface area contributed by atoms with Gasteiger partial charge in [0.05, 0.1) is 49.8 Å². The van der Waals surface area contributed by atoms with Crippen molar-refractivity contribution in [3.05, 3.63) is 36.0 Å². The van der Waals surface area contributed by atoms with Crippen LogP contribution in [0.4, 0.5) is 0 Å². The van der Waals surface area contributed by atoms with E-state index in [9.17, 15) is 15.0 Å². The van der Waals surface area contributed by atoms with Gasteiger partial charge < -0.3 is 52.8 Å². The third-order valence-electron chi connectivity index (χ3n) is 16.4. The Kier molecular flexibility index (Phi) is 12.3. The Hall–Kier alpha value is -1.75. The first kappa shape index (κ1) is 45.4. The summed E-state index contributed by atoms with van der Waals surface area (Å²) >= 11 is 0. The van der Waals surface area contributed by atoms with Crippen molar-refractivity contribution in [2.75, 3.05) is 13.7 Å². The number of aliphatic hydroxyl groups is 2. The van der Waals surface area contributed by atoms with Gasteiger partial charge in [-0.05, 0) is 80.8 Å². The smallest absolute Gasteiger partial charge is 0.305 e. The third kappa shape index (κ3) is 8.24. The van der Waals surface area contributed by atoms with E-state index in [4.69, 9.17) is 42.6 Å². The summed E-state index contributed by atoms with van der Waals surface area (Å²) in [5.74, 6) is -3.77. The van der Waals surface area contributed by atoms with Gasteiger partial charge in [0, 0.05) is 63.3 Å². The topological polar surface area (TPSA) is 153 Å². The molecule has 3 N–H and O–H groups in total. The molecule has 20 atom stereocenters. The van der Waals surface area contributed by atoms with Crippen LogP contribution >= 0.6 is 0 Å². The highest BCUT2D eigenvalue weighted by molar-refractivity contribution is 5.69. The van der Waals surface area contributed by atoms with E-state index in [1.807, 2.05) is 19.1 Å². The minimum atomic E-state index is -1.88. The van der Waals surface area contributed by atoms with Crippen LogP contribution in [0.1, 0.15) is 132 Å². The molecule has 0 aromatic heterocycles. The van der Waals surface area contributed by atoms with Crippen molar-refractivity contribution < 1.29 is 57.6 Å². The predicted octanol–water partition coefficient (Wildman–Crippen LogP) is 6.73. The second-order valence-electron chi connectivity index (χ2n) is 21.6. The highest BCUT2D eigenvalue weighted by atomic mass is 16.8. The Morgan fingerprint density at radius 2 is 1.69 bits per heavy atom. The fourth-order valence-electron chi connectivity index (χ4n) is 13.3. The lowest BCUT2D eigenvalue weighted by atomic mass is 9.76. The minimum absolute atomic E-state index is 0.0119. The molecule has 8 saturated heterocycles. The molecule has 9 rings (SSSR count). The molecule has 3 spiro atoms. The lowest BCUT2D eigenvalue weighted by molar-refractivity contribution is -0.367. The van der Waals surface area contributed by atoms with E-state index in [0.29, 0.717) is 69.1 Å². The van der Waals surface area contributed by atoms with Crippen molar-refractivity contribution in [3.8, 4) is 0 Å². The fourth-order valence-corrected chi connectivity index (χ4v) is 13.3. The Balaban J connectivity index is 0.846. The van der Waals surface area contributed by atoms with Gasteiger partial charge in [-0.15, -0.1) is 0 Å². The lowest BCUT2D eigenvalue weighted by Gasteiger charge is -2.53. The lowest BCUT2D eigenvalue weighted by Crippen LogP contribution is -2.62. The first-order valence-corrected chi connectivity index (χ1v) is 24.0. The Labute approximate surface area is 368 Å². The maximum absolute atomic E-state index is 12.5. The summed E-state index contributed by atoms with van der Waals surface area (Å²) in [6, 6.07) is 0. The zero-order chi connectivity index (χ0) is 44.0. The number of aliphatic hydroxyl groups excluding tert-OH is 1. The summed E-state index contributed by atoms with van der Waals surface area (Å²) in [5, 5.41) is 28.4. The van der Waals surface area contributed by atoms with E-state index in [2.05, 4.69) is 59.5 Å². The molecule has 0 radical (unpaired) electrons. The minimum Gasteiger partial charge on any atom is -0.469 e. The van der Waals surface area contributed by atoms with E-state index < -0.39 is 47.2 Å². The molecule has 9 heterocycles. The molecule has 8 fully saturated rings. The standard InChI is InChI=1S/C49H75NO12/c1-27-17-35(12-10-11-13-41(51)54-9)56-45(22-27)14-15-48(62-45)33(7)20-36-37(59-48)21-39(55-36)44(52)49(53)34(8)19-30(4)42(61-49)31(5)24-46-23-28(2)18-38(57-46)43-40(58-46)25-47(60-43)32(6)16-29(3)26-50-47/h10,12,22,28-30,32-40,42-44,50,52-53H,5,11,13-21,23-26H2,1-4,6-9H3/b12-10+/t28-,29+,30-,32-,33+,34+,35+,36+,37+,38+,39-,40+,42-,43+,44+,45+,46-,47-,48+,49+/m0/s1. The Morgan fingerprint density at radius 3 is 2.47 bits per heavy atom. The van der Waals surface area contributed by atoms with Crippen LogP contribution in [0.25, 0.3) is 0 Å². The normalized spacial score (nSPS) is 51.7. The summed E-state index contributed by atoms with van der Waals surface area (Å²) in [5.41, 5.74) is 1.58. The largest absolute Gasteiger partial charge is 0.469 e. The molecular formula is C49H75NO12. The number of piperidine rings is 1. The summed E-state index contributed by atoms with van der Waals surface area (Å²) in [6.45, 7) is 20.7. The molecule has 9 aliphatic rings. The monoisotopic (exact) mass is 870 g/mol. The molecule has 2 bridgehead atoms.